The maximum atomic E-state index is 11.3. The molecule has 0 atom stereocenters. The summed E-state index contributed by atoms with van der Waals surface area (Å²) in [5.74, 6) is 0.471. The number of guanidine groups is 1. The fourth-order valence-corrected chi connectivity index (χ4v) is 1.42. The molecule has 0 unspecified atom stereocenters. The van der Waals surface area contributed by atoms with Crippen molar-refractivity contribution in [2.75, 3.05) is 19.6 Å². The Hall–Kier alpha value is -1.26. The van der Waals surface area contributed by atoms with E-state index in [2.05, 4.69) is 10.3 Å². The molecule has 1 heterocycles. The molecule has 0 saturated carbocycles. The first kappa shape index (κ1) is 11.8. The SMILES string of the molecule is CC(C)(C)N=C(N)N1CCCNC(=O)C1. The van der Waals surface area contributed by atoms with Crippen LogP contribution in [0.1, 0.15) is 27.2 Å². The van der Waals surface area contributed by atoms with Crippen molar-refractivity contribution in [3.63, 3.8) is 0 Å². The molecule has 0 aromatic carbocycles. The number of aliphatic imine (C=N–C) groups is 1. The largest absolute Gasteiger partial charge is 0.370 e. The normalized spacial score (nSPS) is 19.8. The van der Waals surface area contributed by atoms with Crippen LogP contribution in [0.15, 0.2) is 4.99 Å². The fraction of sp³-hybridized carbons (Fsp3) is 0.800. The van der Waals surface area contributed by atoms with Crippen molar-refractivity contribution in [1.29, 1.82) is 0 Å². The molecule has 0 aromatic rings. The van der Waals surface area contributed by atoms with Crippen LogP contribution in [0, 0.1) is 0 Å². The summed E-state index contributed by atoms with van der Waals surface area (Å²) in [6.45, 7) is 7.76. The number of hydrogen-bond donors (Lipinski definition) is 2. The van der Waals surface area contributed by atoms with Gasteiger partial charge in [-0.05, 0) is 27.2 Å². The summed E-state index contributed by atoms with van der Waals surface area (Å²) in [4.78, 5) is 17.5. The molecule has 0 radical (unpaired) electrons. The highest BCUT2D eigenvalue weighted by atomic mass is 16.2. The summed E-state index contributed by atoms with van der Waals surface area (Å²) < 4.78 is 0. The van der Waals surface area contributed by atoms with Gasteiger partial charge in [0.1, 0.15) is 0 Å². The average molecular weight is 212 g/mol. The summed E-state index contributed by atoms with van der Waals surface area (Å²) in [7, 11) is 0. The Morgan fingerprint density at radius 2 is 2.20 bits per heavy atom. The van der Waals surface area contributed by atoms with E-state index in [-0.39, 0.29) is 11.4 Å². The van der Waals surface area contributed by atoms with E-state index in [4.69, 9.17) is 5.73 Å². The van der Waals surface area contributed by atoms with Crippen LogP contribution in [0.3, 0.4) is 0 Å². The van der Waals surface area contributed by atoms with Crippen LogP contribution in [-0.4, -0.2) is 41.9 Å². The maximum absolute atomic E-state index is 11.3. The lowest BCUT2D eigenvalue weighted by Gasteiger charge is -2.23. The molecule has 0 spiro atoms. The first-order chi connectivity index (χ1) is 6.88. The van der Waals surface area contributed by atoms with E-state index < -0.39 is 0 Å². The summed E-state index contributed by atoms with van der Waals surface area (Å²) in [5, 5.41) is 2.80. The van der Waals surface area contributed by atoms with Crippen molar-refractivity contribution >= 4 is 11.9 Å². The molecule has 0 bridgehead atoms. The van der Waals surface area contributed by atoms with Crippen molar-refractivity contribution in [2.45, 2.75) is 32.7 Å². The third kappa shape index (κ3) is 4.18. The number of hydrogen-bond acceptors (Lipinski definition) is 2. The number of rotatable bonds is 0. The molecule has 86 valence electrons. The van der Waals surface area contributed by atoms with Gasteiger partial charge in [-0.15, -0.1) is 0 Å². The molecule has 1 aliphatic heterocycles. The topological polar surface area (TPSA) is 70.7 Å². The summed E-state index contributed by atoms with van der Waals surface area (Å²) in [6.07, 6.45) is 0.909. The highest BCUT2D eigenvalue weighted by molar-refractivity contribution is 5.86. The van der Waals surface area contributed by atoms with Crippen LogP contribution >= 0.6 is 0 Å². The molecule has 1 saturated heterocycles. The number of carbonyl (C=O) groups excluding carboxylic acids is 1. The van der Waals surface area contributed by atoms with Crippen LogP contribution in [0.5, 0.6) is 0 Å². The predicted molar refractivity (Wildman–Crippen MR) is 60.6 cm³/mol. The highest BCUT2D eigenvalue weighted by Gasteiger charge is 2.18. The average Bonchev–Trinajstić information content (AvgIpc) is 2.26. The minimum atomic E-state index is -0.202. The molecule has 1 fully saturated rings. The second-order valence-electron chi connectivity index (χ2n) is 4.77. The minimum Gasteiger partial charge on any atom is -0.370 e. The van der Waals surface area contributed by atoms with Gasteiger partial charge in [0.25, 0.3) is 0 Å². The zero-order chi connectivity index (χ0) is 11.5. The van der Waals surface area contributed by atoms with E-state index in [0.717, 1.165) is 19.5 Å². The quantitative estimate of drug-likeness (QED) is 0.436. The second kappa shape index (κ2) is 4.51. The van der Waals surface area contributed by atoms with Crippen molar-refractivity contribution in [2.24, 2.45) is 10.7 Å². The van der Waals surface area contributed by atoms with E-state index in [0.29, 0.717) is 12.5 Å². The Balaban J connectivity index is 2.69. The van der Waals surface area contributed by atoms with Gasteiger partial charge in [-0.3, -0.25) is 4.79 Å². The van der Waals surface area contributed by atoms with Gasteiger partial charge in [0.05, 0.1) is 12.1 Å². The van der Waals surface area contributed by atoms with Crippen molar-refractivity contribution < 1.29 is 4.79 Å². The Bertz CT molecular complexity index is 267. The van der Waals surface area contributed by atoms with Crippen LogP contribution < -0.4 is 11.1 Å². The summed E-state index contributed by atoms with van der Waals surface area (Å²) in [5.41, 5.74) is 5.66. The van der Waals surface area contributed by atoms with Crippen LogP contribution in [0.2, 0.25) is 0 Å². The van der Waals surface area contributed by atoms with Crippen LogP contribution in [0.25, 0.3) is 0 Å². The first-order valence-corrected chi connectivity index (χ1v) is 5.25. The fourth-order valence-electron chi connectivity index (χ4n) is 1.42. The lowest BCUT2D eigenvalue weighted by atomic mass is 10.1. The highest BCUT2D eigenvalue weighted by Crippen LogP contribution is 2.07. The first-order valence-electron chi connectivity index (χ1n) is 5.25. The molecular formula is C10H20N4O. The Morgan fingerprint density at radius 1 is 1.53 bits per heavy atom. The summed E-state index contributed by atoms with van der Waals surface area (Å²) >= 11 is 0. The number of carbonyl (C=O) groups is 1. The van der Waals surface area contributed by atoms with E-state index in [1.165, 1.54) is 0 Å². The van der Waals surface area contributed by atoms with Gasteiger partial charge in [0.15, 0.2) is 5.96 Å². The van der Waals surface area contributed by atoms with Gasteiger partial charge in [0, 0.05) is 13.1 Å². The summed E-state index contributed by atoms with van der Waals surface area (Å²) in [6, 6.07) is 0. The molecule has 5 heteroatoms. The maximum Gasteiger partial charge on any atom is 0.239 e. The number of nitrogens with one attached hydrogen (secondary N) is 1. The number of nitrogens with zero attached hydrogens (tertiary/aromatic N) is 2. The Morgan fingerprint density at radius 3 is 2.80 bits per heavy atom. The lowest BCUT2D eigenvalue weighted by Crippen LogP contribution is -2.43. The van der Waals surface area contributed by atoms with E-state index in [9.17, 15) is 4.79 Å². The molecule has 15 heavy (non-hydrogen) atoms. The van der Waals surface area contributed by atoms with Crippen molar-refractivity contribution in [3.05, 3.63) is 0 Å². The van der Waals surface area contributed by atoms with Gasteiger partial charge in [0.2, 0.25) is 5.91 Å². The third-order valence-electron chi connectivity index (χ3n) is 2.04. The molecule has 0 aromatic heterocycles. The minimum absolute atomic E-state index is 0.0135. The smallest absolute Gasteiger partial charge is 0.239 e. The number of nitrogens with two attached hydrogens (primary N) is 1. The molecule has 1 rings (SSSR count). The molecule has 1 aliphatic rings. The lowest BCUT2D eigenvalue weighted by molar-refractivity contribution is -0.120. The molecular weight excluding hydrogens is 192 g/mol. The molecule has 1 amide bonds. The van der Waals surface area contributed by atoms with Gasteiger partial charge < -0.3 is 16.0 Å². The van der Waals surface area contributed by atoms with Crippen LogP contribution in [0.4, 0.5) is 0 Å². The van der Waals surface area contributed by atoms with E-state index in [1.807, 2.05) is 25.7 Å². The molecule has 5 nitrogen and oxygen atoms in total. The van der Waals surface area contributed by atoms with Crippen molar-refractivity contribution in [1.82, 2.24) is 10.2 Å². The Labute approximate surface area is 90.7 Å². The monoisotopic (exact) mass is 212 g/mol. The van der Waals surface area contributed by atoms with Crippen LogP contribution in [-0.2, 0) is 4.79 Å². The molecule has 3 N–H and O–H groups in total. The van der Waals surface area contributed by atoms with Crippen molar-refractivity contribution in [3.8, 4) is 0 Å². The second-order valence-corrected chi connectivity index (χ2v) is 4.77. The Kier molecular flexibility index (Phi) is 3.55. The van der Waals surface area contributed by atoms with Gasteiger partial charge >= 0.3 is 0 Å². The van der Waals surface area contributed by atoms with E-state index >= 15 is 0 Å². The van der Waals surface area contributed by atoms with Gasteiger partial charge in [-0.2, -0.15) is 0 Å². The third-order valence-corrected chi connectivity index (χ3v) is 2.04. The zero-order valence-corrected chi connectivity index (χ0v) is 9.71. The number of amides is 1. The van der Waals surface area contributed by atoms with Gasteiger partial charge in [-0.25, -0.2) is 4.99 Å². The predicted octanol–water partition coefficient (Wildman–Crippen LogP) is -0.0785. The molecule has 0 aliphatic carbocycles. The van der Waals surface area contributed by atoms with E-state index in [1.54, 1.807) is 0 Å². The standard InChI is InChI=1S/C10H20N4O/c1-10(2,3)13-9(11)14-6-4-5-12-8(15)7-14/h4-7H2,1-3H3,(H2,11,13)(H,12,15). The van der Waals surface area contributed by atoms with Gasteiger partial charge in [-0.1, -0.05) is 0 Å². The zero-order valence-electron chi connectivity index (χ0n) is 9.71.